The molecule has 1 heterocycles. The first-order valence-electron chi connectivity index (χ1n) is 6.99. The number of nitrogens with zero attached hydrogens (tertiary/aromatic N) is 1. The van der Waals surface area contributed by atoms with Crippen LogP contribution in [0.1, 0.15) is 11.1 Å². The fraction of sp³-hybridized carbons (Fsp3) is 0. The second-order valence-electron chi connectivity index (χ2n) is 4.96. The average Bonchev–Trinajstić information content (AvgIpc) is 2.57. The third-order valence-corrected chi connectivity index (χ3v) is 3.36. The first-order chi connectivity index (χ1) is 10.7. The molecule has 0 fully saturated rings. The van der Waals surface area contributed by atoms with E-state index < -0.39 is 0 Å². The Morgan fingerprint density at radius 3 is 2.00 bits per heavy atom. The molecule has 3 nitrogen and oxygen atoms in total. The van der Waals surface area contributed by atoms with Gasteiger partial charge in [-0.1, -0.05) is 42.5 Å². The van der Waals surface area contributed by atoms with Crippen LogP contribution in [-0.4, -0.2) is 10.2 Å². The lowest BCUT2D eigenvalue weighted by Gasteiger charge is -2.00. The van der Waals surface area contributed by atoms with E-state index in [0.29, 0.717) is 5.69 Å². The number of pyridine rings is 1. The van der Waals surface area contributed by atoms with Crippen molar-refractivity contribution in [2.75, 3.05) is 0 Å². The third kappa shape index (κ3) is 4.11. The summed E-state index contributed by atoms with van der Waals surface area (Å²) in [7, 11) is 0. The van der Waals surface area contributed by atoms with Crippen molar-refractivity contribution in [1.82, 2.24) is 0 Å². The van der Waals surface area contributed by atoms with Gasteiger partial charge in [-0.25, -0.2) is 0 Å². The molecule has 0 saturated carbocycles. The zero-order valence-corrected chi connectivity index (χ0v) is 13.1. The lowest BCUT2D eigenvalue weighted by atomic mass is 10.1. The number of rotatable bonds is 3. The van der Waals surface area contributed by atoms with E-state index in [0.717, 1.165) is 11.1 Å². The van der Waals surface area contributed by atoms with Gasteiger partial charge in [0.25, 0.3) is 5.69 Å². The van der Waals surface area contributed by atoms with Gasteiger partial charge in [0.1, 0.15) is 5.75 Å². The van der Waals surface area contributed by atoms with Gasteiger partial charge in [-0.15, -0.1) is 0 Å². The monoisotopic (exact) mass is 325 g/mol. The molecule has 2 aromatic carbocycles. The van der Waals surface area contributed by atoms with Gasteiger partial charge in [-0.3, -0.25) is 0 Å². The number of hydrogen-bond donors (Lipinski definition) is 2. The molecule has 0 bridgehead atoms. The molecule has 2 N–H and O–H groups in total. The van der Waals surface area contributed by atoms with Crippen LogP contribution in [0.15, 0.2) is 73.1 Å². The van der Waals surface area contributed by atoms with E-state index in [2.05, 4.69) is 0 Å². The molecule has 3 aromatic rings. The van der Waals surface area contributed by atoms with Crippen LogP contribution in [0.25, 0.3) is 17.8 Å². The summed E-state index contributed by atoms with van der Waals surface area (Å²) in [5.41, 5.74) is 2.74. The van der Waals surface area contributed by atoms with Crippen molar-refractivity contribution in [1.29, 1.82) is 0 Å². The maximum atomic E-state index is 9.86. The predicted molar refractivity (Wildman–Crippen MR) is 86.7 cm³/mol. The minimum absolute atomic E-state index is 0. The summed E-state index contributed by atoms with van der Waals surface area (Å²) in [5.74, 6) is 0.240. The highest BCUT2D eigenvalue weighted by Gasteiger charge is 2.12. The van der Waals surface area contributed by atoms with Gasteiger partial charge in [0.05, 0.1) is 6.07 Å². The summed E-state index contributed by atoms with van der Waals surface area (Å²) in [6.45, 7) is 0. The first-order valence-corrected chi connectivity index (χ1v) is 6.99. The zero-order valence-electron chi connectivity index (χ0n) is 12.3. The van der Waals surface area contributed by atoms with Crippen molar-refractivity contribution >= 4 is 12.2 Å². The molecule has 0 aliphatic heterocycles. The van der Waals surface area contributed by atoms with E-state index in [9.17, 15) is 10.2 Å². The van der Waals surface area contributed by atoms with Crippen LogP contribution in [0.5, 0.6) is 11.5 Å². The summed E-state index contributed by atoms with van der Waals surface area (Å²) in [6, 6.07) is 18.4. The standard InChI is InChI=1S/C19H15NO2.ClH/c21-17-8-9-19(22)18(14-17)20-12-10-16(11-13-20)7-6-15-4-2-1-3-5-15;/h1-14H,(H-,21,22);1H/b7-6+;. The molecule has 23 heavy (non-hydrogen) atoms. The highest BCUT2D eigenvalue weighted by atomic mass is 35.5. The SMILES string of the molecule is Oc1ccc(O)c(-[n+]2ccc(/C=C/c3ccccc3)cc2)c1.[Cl-]. The summed E-state index contributed by atoms with van der Waals surface area (Å²) >= 11 is 0. The summed E-state index contributed by atoms with van der Waals surface area (Å²) in [4.78, 5) is 0. The Bertz CT molecular complexity index is 799. The van der Waals surface area contributed by atoms with Crippen LogP contribution in [0.4, 0.5) is 0 Å². The lowest BCUT2D eigenvalue weighted by Crippen LogP contribution is -3.00. The molecular weight excluding hydrogens is 310 g/mol. The predicted octanol–water partition coefficient (Wildman–Crippen LogP) is 0.549. The molecule has 0 radical (unpaired) electrons. The van der Waals surface area contributed by atoms with E-state index in [1.807, 2.05) is 67.0 Å². The summed E-state index contributed by atoms with van der Waals surface area (Å²) in [6.07, 6.45) is 7.77. The molecule has 0 unspecified atom stereocenters. The number of phenolic OH excluding ortho intramolecular Hbond substituents is 2. The molecule has 0 aliphatic rings. The number of phenols is 2. The second kappa shape index (κ2) is 7.47. The molecule has 1 aromatic heterocycles. The normalized spacial score (nSPS) is 10.4. The first kappa shape index (κ1) is 16.6. The Balaban J connectivity index is 0.00000192. The number of halogens is 1. The van der Waals surface area contributed by atoms with E-state index in [1.165, 1.54) is 18.2 Å². The molecule has 0 amide bonds. The zero-order chi connectivity index (χ0) is 15.4. The van der Waals surface area contributed by atoms with Crippen molar-refractivity contribution in [3.05, 3.63) is 84.2 Å². The van der Waals surface area contributed by atoms with Crippen LogP contribution in [0, 0.1) is 0 Å². The average molecular weight is 326 g/mol. The Kier molecular flexibility index (Phi) is 5.39. The third-order valence-electron chi connectivity index (χ3n) is 3.36. The largest absolute Gasteiger partial charge is 1.00 e. The highest BCUT2D eigenvalue weighted by Crippen LogP contribution is 2.21. The Hall–Kier alpha value is -2.78. The molecule has 0 spiro atoms. The van der Waals surface area contributed by atoms with E-state index >= 15 is 0 Å². The van der Waals surface area contributed by atoms with Gasteiger partial charge >= 0.3 is 0 Å². The minimum atomic E-state index is 0. The highest BCUT2D eigenvalue weighted by molar-refractivity contribution is 5.69. The Morgan fingerprint density at radius 2 is 1.35 bits per heavy atom. The van der Waals surface area contributed by atoms with Gasteiger partial charge in [0.15, 0.2) is 18.1 Å². The fourth-order valence-electron chi connectivity index (χ4n) is 2.18. The fourth-order valence-corrected chi connectivity index (χ4v) is 2.18. The molecule has 0 atom stereocenters. The van der Waals surface area contributed by atoms with Gasteiger partial charge in [-0.05, 0) is 23.3 Å². The molecule has 116 valence electrons. The van der Waals surface area contributed by atoms with Crippen molar-refractivity contribution < 1.29 is 27.2 Å². The molecule has 4 heteroatoms. The Labute approximate surface area is 141 Å². The van der Waals surface area contributed by atoms with Crippen LogP contribution in [0.3, 0.4) is 0 Å². The van der Waals surface area contributed by atoms with Crippen molar-refractivity contribution in [2.45, 2.75) is 0 Å². The smallest absolute Gasteiger partial charge is 0.256 e. The van der Waals surface area contributed by atoms with Gasteiger partial charge in [0, 0.05) is 12.1 Å². The van der Waals surface area contributed by atoms with E-state index in [1.54, 1.807) is 4.57 Å². The molecule has 0 saturated heterocycles. The lowest BCUT2D eigenvalue weighted by molar-refractivity contribution is -0.596. The van der Waals surface area contributed by atoms with E-state index in [-0.39, 0.29) is 23.9 Å². The maximum Gasteiger partial charge on any atom is 0.256 e. The number of aromatic nitrogens is 1. The van der Waals surface area contributed by atoms with Crippen molar-refractivity contribution in [2.24, 2.45) is 0 Å². The molecule has 3 rings (SSSR count). The maximum absolute atomic E-state index is 9.86. The van der Waals surface area contributed by atoms with Crippen LogP contribution < -0.4 is 17.0 Å². The quantitative estimate of drug-likeness (QED) is 0.545. The van der Waals surface area contributed by atoms with Gasteiger partial charge < -0.3 is 22.6 Å². The summed E-state index contributed by atoms with van der Waals surface area (Å²) in [5, 5.41) is 19.4. The number of benzene rings is 2. The van der Waals surface area contributed by atoms with Crippen LogP contribution in [-0.2, 0) is 0 Å². The number of aromatic hydroxyl groups is 2. The van der Waals surface area contributed by atoms with Crippen LogP contribution >= 0.6 is 0 Å². The topological polar surface area (TPSA) is 44.3 Å². The minimum Gasteiger partial charge on any atom is -1.00 e. The van der Waals surface area contributed by atoms with Gasteiger partial charge in [0.2, 0.25) is 0 Å². The Morgan fingerprint density at radius 1 is 0.739 bits per heavy atom. The molecule has 0 aliphatic carbocycles. The van der Waals surface area contributed by atoms with Gasteiger partial charge in [-0.2, -0.15) is 4.57 Å². The number of hydrogen-bond acceptors (Lipinski definition) is 2. The van der Waals surface area contributed by atoms with Crippen molar-refractivity contribution in [3.63, 3.8) is 0 Å². The van der Waals surface area contributed by atoms with Crippen LogP contribution in [0.2, 0.25) is 0 Å². The van der Waals surface area contributed by atoms with E-state index in [4.69, 9.17) is 0 Å². The molecular formula is C19H16ClNO2. The summed E-state index contributed by atoms with van der Waals surface area (Å²) < 4.78 is 1.76. The van der Waals surface area contributed by atoms with Crippen molar-refractivity contribution in [3.8, 4) is 17.2 Å². The second-order valence-corrected chi connectivity index (χ2v) is 4.96.